The Hall–Kier alpha value is -0.650. The van der Waals surface area contributed by atoms with E-state index in [0.29, 0.717) is 25.7 Å². The third-order valence-corrected chi connectivity index (χ3v) is 2.67. The van der Waals surface area contributed by atoms with Gasteiger partial charge in [0.15, 0.2) is 0 Å². The summed E-state index contributed by atoms with van der Waals surface area (Å²) >= 11 is 0. The number of carbonyl (C=O) groups is 1. The maximum atomic E-state index is 11.4. The number of nitrogens with one attached hydrogen (secondary N) is 1. The number of nitrogens with two attached hydrogens (primary N) is 1. The molecule has 16 heavy (non-hydrogen) atoms. The van der Waals surface area contributed by atoms with Crippen LogP contribution in [0.2, 0.25) is 0 Å². The van der Waals surface area contributed by atoms with Crippen molar-refractivity contribution >= 4 is 5.91 Å². The topological polar surface area (TPSA) is 67.6 Å². The van der Waals surface area contributed by atoms with Crippen LogP contribution in [0.5, 0.6) is 0 Å². The van der Waals surface area contributed by atoms with Crippen LogP contribution in [0.4, 0.5) is 0 Å². The van der Waals surface area contributed by atoms with Gasteiger partial charge in [-0.3, -0.25) is 9.69 Å². The highest BCUT2D eigenvalue weighted by atomic mass is 16.5. The normalized spacial score (nSPS) is 21.1. The van der Waals surface area contributed by atoms with Gasteiger partial charge >= 0.3 is 0 Å². The average Bonchev–Trinajstić information content (AvgIpc) is 2.27. The predicted octanol–water partition coefficient (Wildman–Crippen LogP) is -0.438. The zero-order valence-electron chi connectivity index (χ0n) is 10.1. The van der Waals surface area contributed by atoms with E-state index in [0.717, 1.165) is 26.0 Å². The summed E-state index contributed by atoms with van der Waals surface area (Å²) < 4.78 is 5.62. The van der Waals surface area contributed by atoms with E-state index >= 15 is 0 Å². The fraction of sp³-hybridized carbons (Fsp3) is 0.909. The second-order valence-corrected chi connectivity index (χ2v) is 4.32. The van der Waals surface area contributed by atoms with Crippen molar-refractivity contribution in [2.24, 2.45) is 5.73 Å². The standard InChI is InChI=1S/C11H23N3O2/c1-14(9-11(15)13-6-5-12)8-10-4-2-3-7-16-10/h10H,2-9,12H2,1H3,(H,13,15). The average molecular weight is 229 g/mol. The first-order chi connectivity index (χ1) is 7.72. The monoisotopic (exact) mass is 229 g/mol. The summed E-state index contributed by atoms with van der Waals surface area (Å²) in [5.74, 6) is 0.0313. The number of ether oxygens (including phenoxy) is 1. The summed E-state index contributed by atoms with van der Waals surface area (Å²) in [7, 11) is 1.94. The largest absolute Gasteiger partial charge is 0.377 e. The van der Waals surface area contributed by atoms with E-state index in [-0.39, 0.29) is 5.91 Å². The summed E-state index contributed by atoms with van der Waals surface area (Å²) in [4.78, 5) is 13.4. The lowest BCUT2D eigenvalue weighted by atomic mass is 10.1. The van der Waals surface area contributed by atoms with E-state index < -0.39 is 0 Å². The van der Waals surface area contributed by atoms with Crippen molar-refractivity contribution in [3.8, 4) is 0 Å². The molecular formula is C11H23N3O2. The molecular weight excluding hydrogens is 206 g/mol. The lowest BCUT2D eigenvalue weighted by Crippen LogP contribution is -2.41. The molecule has 0 radical (unpaired) electrons. The van der Waals surface area contributed by atoms with Crippen LogP contribution in [-0.4, -0.2) is 56.7 Å². The lowest BCUT2D eigenvalue weighted by Gasteiger charge is -2.27. The molecule has 1 atom stereocenters. The van der Waals surface area contributed by atoms with Gasteiger partial charge < -0.3 is 15.8 Å². The molecule has 0 aromatic carbocycles. The van der Waals surface area contributed by atoms with Gasteiger partial charge in [-0.15, -0.1) is 0 Å². The Morgan fingerprint density at radius 3 is 3.00 bits per heavy atom. The summed E-state index contributed by atoms with van der Waals surface area (Å²) in [6.45, 7) is 3.14. The van der Waals surface area contributed by atoms with Gasteiger partial charge in [0.2, 0.25) is 5.91 Å². The molecule has 1 aliphatic rings. The molecule has 0 aromatic heterocycles. The number of hydrogen-bond acceptors (Lipinski definition) is 4. The third kappa shape index (κ3) is 5.44. The minimum atomic E-state index is 0.0313. The first-order valence-electron chi connectivity index (χ1n) is 5.99. The maximum Gasteiger partial charge on any atom is 0.234 e. The van der Waals surface area contributed by atoms with E-state index in [9.17, 15) is 4.79 Å². The first kappa shape index (κ1) is 13.4. The Morgan fingerprint density at radius 2 is 2.38 bits per heavy atom. The predicted molar refractivity (Wildman–Crippen MR) is 63.2 cm³/mol. The molecule has 0 spiro atoms. The quantitative estimate of drug-likeness (QED) is 0.648. The van der Waals surface area contributed by atoms with Crippen molar-refractivity contribution in [1.29, 1.82) is 0 Å². The second-order valence-electron chi connectivity index (χ2n) is 4.32. The highest BCUT2D eigenvalue weighted by Gasteiger charge is 2.16. The highest BCUT2D eigenvalue weighted by Crippen LogP contribution is 2.13. The summed E-state index contributed by atoms with van der Waals surface area (Å²) in [5, 5.41) is 2.75. The molecule has 94 valence electrons. The van der Waals surface area contributed by atoms with Crippen LogP contribution in [-0.2, 0) is 9.53 Å². The summed E-state index contributed by atoms with van der Waals surface area (Å²) in [6, 6.07) is 0. The number of carbonyl (C=O) groups excluding carboxylic acids is 1. The lowest BCUT2D eigenvalue weighted by molar-refractivity contribution is -0.122. The summed E-state index contributed by atoms with van der Waals surface area (Å²) in [6.07, 6.45) is 3.80. The van der Waals surface area contributed by atoms with Gasteiger partial charge in [0, 0.05) is 26.2 Å². The smallest absolute Gasteiger partial charge is 0.234 e. The minimum Gasteiger partial charge on any atom is -0.377 e. The van der Waals surface area contributed by atoms with Crippen LogP contribution in [0, 0.1) is 0 Å². The van der Waals surface area contributed by atoms with Crippen LogP contribution >= 0.6 is 0 Å². The van der Waals surface area contributed by atoms with Gasteiger partial charge in [-0.2, -0.15) is 0 Å². The molecule has 0 aliphatic carbocycles. The van der Waals surface area contributed by atoms with Crippen molar-refractivity contribution in [2.45, 2.75) is 25.4 Å². The van der Waals surface area contributed by atoms with Crippen LogP contribution in [0.3, 0.4) is 0 Å². The van der Waals surface area contributed by atoms with Crippen molar-refractivity contribution < 1.29 is 9.53 Å². The van der Waals surface area contributed by atoms with E-state index in [4.69, 9.17) is 10.5 Å². The van der Waals surface area contributed by atoms with Crippen molar-refractivity contribution in [3.63, 3.8) is 0 Å². The fourth-order valence-electron chi connectivity index (χ4n) is 1.88. The Labute approximate surface area is 97.3 Å². The van der Waals surface area contributed by atoms with Gasteiger partial charge in [0.1, 0.15) is 0 Å². The Balaban J connectivity index is 2.13. The molecule has 1 heterocycles. The zero-order chi connectivity index (χ0) is 11.8. The maximum absolute atomic E-state index is 11.4. The van der Waals surface area contributed by atoms with Crippen molar-refractivity contribution in [1.82, 2.24) is 10.2 Å². The van der Waals surface area contributed by atoms with Crippen LogP contribution < -0.4 is 11.1 Å². The molecule has 5 nitrogen and oxygen atoms in total. The first-order valence-corrected chi connectivity index (χ1v) is 5.99. The Morgan fingerprint density at radius 1 is 1.56 bits per heavy atom. The molecule has 3 N–H and O–H groups in total. The van der Waals surface area contributed by atoms with Gasteiger partial charge in [0.05, 0.1) is 12.6 Å². The number of amides is 1. The SMILES string of the molecule is CN(CC(=O)NCCN)CC1CCCCO1. The highest BCUT2D eigenvalue weighted by molar-refractivity contribution is 5.77. The van der Waals surface area contributed by atoms with Gasteiger partial charge in [-0.1, -0.05) is 0 Å². The van der Waals surface area contributed by atoms with Crippen molar-refractivity contribution in [3.05, 3.63) is 0 Å². The van der Waals surface area contributed by atoms with Gasteiger partial charge in [0.25, 0.3) is 0 Å². The van der Waals surface area contributed by atoms with E-state index in [1.807, 2.05) is 11.9 Å². The number of likely N-dealkylation sites (N-methyl/N-ethyl adjacent to an activating group) is 1. The number of rotatable bonds is 6. The van der Waals surface area contributed by atoms with E-state index in [2.05, 4.69) is 5.32 Å². The fourth-order valence-corrected chi connectivity index (χ4v) is 1.88. The molecule has 5 heteroatoms. The number of nitrogens with zero attached hydrogens (tertiary/aromatic N) is 1. The molecule has 1 rings (SSSR count). The molecule has 0 aromatic rings. The Kier molecular flexibility index (Phi) is 6.37. The molecule has 0 saturated carbocycles. The molecule has 1 fully saturated rings. The third-order valence-electron chi connectivity index (χ3n) is 2.67. The van der Waals surface area contributed by atoms with Crippen LogP contribution in [0.1, 0.15) is 19.3 Å². The van der Waals surface area contributed by atoms with Crippen LogP contribution in [0.15, 0.2) is 0 Å². The molecule has 1 amide bonds. The van der Waals surface area contributed by atoms with Gasteiger partial charge in [-0.05, 0) is 26.3 Å². The Bertz CT molecular complexity index is 205. The second kappa shape index (κ2) is 7.60. The molecule has 1 aliphatic heterocycles. The molecule has 1 saturated heterocycles. The molecule has 0 bridgehead atoms. The van der Waals surface area contributed by atoms with Crippen molar-refractivity contribution in [2.75, 3.05) is 39.8 Å². The van der Waals surface area contributed by atoms with E-state index in [1.54, 1.807) is 0 Å². The van der Waals surface area contributed by atoms with Gasteiger partial charge in [-0.25, -0.2) is 0 Å². The summed E-state index contributed by atoms with van der Waals surface area (Å²) in [5.41, 5.74) is 5.31. The molecule has 1 unspecified atom stereocenters. The number of hydrogen-bond donors (Lipinski definition) is 2. The van der Waals surface area contributed by atoms with Crippen LogP contribution in [0.25, 0.3) is 0 Å². The van der Waals surface area contributed by atoms with E-state index in [1.165, 1.54) is 6.42 Å². The minimum absolute atomic E-state index is 0.0313. The zero-order valence-corrected chi connectivity index (χ0v) is 10.1.